The van der Waals surface area contributed by atoms with Crippen molar-refractivity contribution in [1.29, 1.82) is 0 Å². The number of anilines is 1. The van der Waals surface area contributed by atoms with Crippen molar-refractivity contribution in [3.05, 3.63) is 47.9 Å². The number of pyridine rings is 2. The quantitative estimate of drug-likeness (QED) is 0.797. The molecule has 3 heterocycles. The second-order valence-electron chi connectivity index (χ2n) is 6.07. The molecule has 1 aliphatic rings. The molecule has 3 rings (SSSR count). The van der Waals surface area contributed by atoms with Crippen LogP contribution in [0.2, 0.25) is 0 Å². The average Bonchev–Trinajstić information content (AvgIpc) is 2.60. The number of nitrogens with zero attached hydrogens (tertiary/aromatic N) is 2. The molecule has 2 N–H and O–H groups in total. The van der Waals surface area contributed by atoms with Gasteiger partial charge in [0.2, 0.25) is 6.41 Å². The van der Waals surface area contributed by atoms with E-state index in [2.05, 4.69) is 52.8 Å². The molecule has 1 aliphatic heterocycles. The molecule has 5 nitrogen and oxygen atoms in total. The summed E-state index contributed by atoms with van der Waals surface area (Å²) in [6.45, 7) is 4.36. The molecule has 0 spiro atoms. The zero-order valence-electron chi connectivity index (χ0n) is 14.0. The minimum Gasteiger partial charge on any atom is -0.384 e. The molecule has 0 aromatic carbocycles. The lowest BCUT2D eigenvalue weighted by molar-refractivity contribution is -0.105. The number of unbranched alkanes of at least 4 members (excludes halogenated alkanes) is 1. The molecule has 0 saturated heterocycles. The summed E-state index contributed by atoms with van der Waals surface area (Å²) < 4.78 is 0. The Morgan fingerprint density at radius 1 is 1.29 bits per heavy atom. The number of fused-ring (bicyclic) bond motifs is 1. The van der Waals surface area contributed by atoms with Gasteiger partial charge in [0.05, 0.1) is 5.52 Å². The molecule has 2 aromatic heterocycles. The Bertz CT molecular complexity index is 810. The van der Waals surface area contributed by atoms with Crippen LogP contribution in [-0.4, -0.2) is 22.4 Å². The predicted octanol–water partition coefficient (Wildman–Crippen LogP) is 3.65. The van der Waals surface area contributed by atoms with E-state index in [1.807, 2.05) is 6.20 Å². The van der Waals surface area contributed by atoms with Crippen molar-refractivity contribution in [2.24, 2.45) is 0 Å². The van der Waals surface area contributed by atoms with Gasteiger partial charge in [-0.2, -0.15) is 0 Å². The van der Waals surface area contributed by atoms with Crippen LogP contribution < -0.4 is 10.6 Å². The molecule has 24 heavy (non-hydrogen) atoms. The first-order chi connectivity index (χ1) is 11.7. The van der Waals surface area contributed by atoms with Gasteiger partial charge in [-0.25, -0.2) is 4.98 Å². The Balaban J connectivity index is 1.85. The van der Waals surface area contributed by atoms with Gasteiger partial charge in [0, 0.05) is 47.2 Å². The molecule has 0 bridgehead atoms. The smallest absolute Gasteiger partial charge is 0.212 e. The zero-order valence-corrected chi connectivity index (χ0v) is 14.0. The number of aromatic nitrogens is 2. The van der Waals surface area contributed by atoms with Crippen LogP contribution in [0.25, 0.3) is 16.5 Å². The van der Waals surface area contributed by atoms with Gasteiger partial charge >= 0.3 is 0 Å². The summed E-state index contributed by atoms with van der Waals surface area (Å²) in [5, 5.41) is 6.97. The number of allylic oxidation sites excluding steroid dienone is 2. The van der Waals surface area contributed by atoms with Crippen LogP contribution in [0.5, 0.6) is 0 Å². The van der Waals surface area contributed by atoms with Crippen molar-refractivity contribution < 1.29 is 4.79 Å². The van der Waals surface area contributed by atoms with Gasteiger partial charge < -0.3 is 10.6 Å². The lowest BCUT2D eigenvalue weighted by Crippen LogP contribution is -2.25. The second-order valence-corrected chi connectivity index (χ2v) is 6.07. The predicted molar refractivity (Wildman–Crippen MR) is 97.4 cm³/mol. The van der Waals surface area contributed by atoms with E-state index in [1.165, 1.54) is 18.4 Å². The molecular weight excluding hydrogens is 300 g/mol. The number of rotatable bonds is 6. The topological polar surface area (TPSA) is 66.9 Å². The van der Waals surface area contributed by atoms with Crippen LogP contribution in [0, 0.1) is 0 Å². The first-order valence-electron chi connectivity index (χ1n) is 8.32. The van der Waals surface area contributed by atoms with Crippen LogP contribution in [0.1, 0.15) is 38.7 Å². The third-order valence-electron chi connectivity index (χ3n) is 4.27. The van der Waals surface area contributed by atoms with E-state index in [0.717, 1.165) is 28.5 Å². The van der Waals surface area contributed by atoms with E-state index in [9.17, 15) is 4.79 Å². The fourth-order valence-corrected chi connectivity index (χ4v) is 2.95. The number of carbonyl (C=O) groups is 1. The zero-order chi connectivity index (χ0) is 16.9. The fraction of sp³-hybridized carbons (Fsp3) is 0.316. The highest BCUT2D eigenvalue weighted by molar-refractivity contribution is 5.88. The van der Waals surface area contributed by atoms with E-state index in [-0.39, 0.29) is 0 Å². The van der Waals surface area contributed by atoms with Gasteiger partial charge in [-0.15, -0.1) is 0 Å². The summed E-state index contributed by atoms with van der Waals surface area (Å²) in [6.07, 6.45) is 12.2. The molecule has 124 valence electrons. The van der Waals surface area contributed by atoms with Crippen molar-refractivity contribution in [3.63, 3.8) is 0 Å². The highest BCUT2D eigenvalue weighted by Crippen LogP contribution is 2.28. The number of nitrogens with one attached hydrogen (secondary N) is 2. The summed E-state index contributed by atoms with van der Waals surface area (Å²) in [5.74, 6) is 0.506. The molecule has 0 aliphatic carbocycles. The van der Waals surface area contributed by atoms with E-state index < -0.39 is 0 Å². The van der Waals surface area contributed by atoms with Gasteiger partial charge in [0.1, 0.15) is 5.82 Å². The third kappa shape index (κ3) is 3.45. The Labute approximate surface area is 141 Å². The number of dihydropyridines is 1. The van der Waals surface area contributed by atoms with Gasteiger partial charge in [-0.05, 0) is 25.0 Å². The first kappa shape index (κ1) is 16.2. The maximum atomic E-state index is 10.5. The van der Waals surface area contributed by atoms with Crippen LogP contribution >= 0.6 is 0 Å². The fourth-order valence-electron chi connectivity index (χ4n) is 2.95. The van der Waals surface area contributed by atoms with Crippen LogP contribution in [0.15, 0.2) is 42.4 Å². The van der Waals surface area contributed by atoms with Gasteiger partial charge in [0.25, 0.3) is 0 Å². The Hall–Kier alpha value is -2.69. The lowest BCUT2D eigenvalue weighted by Gasteiger charge is -2.22. The van der Waals surface area contributed by atoms with Crippen LogP contribution in [0.3, 0.4) is 0 Å². The number of amides is 1. The minimum absolute atomic E-state index is 0.417. The Kier molecular flexibility index (Phi) is 4.89. The number of hydrogen-bond acceptors (Lipinski definition) is 4. The summed E-state index contributed by atoms with van der Waals surface area (Å²) in [5.41, 5.74) is 4.30. The summed E-state index contributed by atoms with van der Waals surface area (Å²) in [7, 11) is 0. The summed E-state index contributed by atoms with van der Waals surface area (Å²) in [4.78, 5) is 19.2. The van der Waals surface area contributed by atoms with Crippen LogP contribution in [-0.2, 0) is 4.79 Å². The van der Waals surface area contributed by atoms with Gasteiger partial charge in [-0.1, -0.05) is 25.8 Å². The van der Waals surface area contributed by atoms with Gasteiger partial charge in [0.15, 0.2) is 0 Å². The molecular formula is C19H22N4O. The Morgan fingerprint density at radius 3 is 2.92 bits per heavy atom. The summed E-state index contributed by atoms with van der Waals surface area (Å²) in [6, 6.07) is 4.27. The van der Waals surface area contributed by atoms with E-state index in [4.69, 9.17) is 0 Å². The molecule has 1 atom stereocenters. The standard InChI is InChI=1S/C19H22N4O/c1-3-4-5-16-6-13(2)17(11-20-16)14-7-15-10-22-19(23-12-24)8-18(15)21-9-14/h6-12,16,20H,3-5H2,1-2H3,(H,22,23,24). The maximum absolute atomic E-state index is 10.5. The van der Waals surface area contributed by atoms with Crippen molar-refractivity contribution in [1.82, 2.24) is 15.3 Å². The molecule has 2 aromatic rings. The average molecular weight is 322 g/mol. The molecule has 0 fully saturated rings. The molecule has 0 saturated carbocycles. The number of carbonyl (C=O) groups excluding carboxylic acids is 1. The van der Waals surface area contributed by atoms with Gasteiger partial charge in [-0.3, -0.25) is 9.78 Å². The molecule has 1 amide bonds. The number of hydrogen-bond donors (Lipinski definition) is 2. The van der Waals surface area contributed by atoms with Crippen molar-refractivity contribution >= 4 is 28.7 Å². The SMILES string of the molecule is CCCCC1C=C(C)C(c2cnc3cc(NC=O)ncc3c2)=CN1. The van der Waals surface area contributed by atoms with E-state index >= 15 is 0 Å². The highest BCUT2D eigenvalue weighted by atomic mass is 16.1. The highest BCUT2D eigenvalue weighted by Gasteiger charge is 2.14. The summed E-state index contributed by atoms with van der Waals surface area (Å²) >= 11 is 0. The normalized spacial score (nSPS) is 17.0. The maximum Gasteiger partial charge on any atom is 0.212 e. The lowest BCUT2D eigenvalue weighted by atomic mass is 9.94. The van der Waals surface area contributed by atoms with E-state index in [1.54, 1.807) is 12.3 Å². The Morgan fingerprint density at radius 2 is 2.17 bits per heavy atom. The molecule has 1 unspecified atom stereocenters. The minimum atomic E-state index is 0.417. The van der Waals surface area contributed by atoms with Crippen molar-refractivity contribution in [3.8, 4) is 0 Å². The molecule has 0 radical (unpaired) electrons. The third-order valence-corrected chi connectivity index (χ3v) is 4.27. The van der Waals surface area contributed by atoms with Crippen molar-refractivity contribution in [2.75, 3.05) is 5.32 Å². The van der Waals surface area contributed by atoms with Crippen LogP contribution in [0.4, 0.5) is 5.82 Å². The molecule has 5 heteroatoms. The second kappa shape index (κ2) is 7.25. The first-order valence-corrected chi connectivity index (χ1v) is 8.32. The monoisotopic (exact) mass is 322 g/mol. The largest absolute Gasteiger partial charge is 0.384 e. The van der Waals surface area contributed by atoms with Crippen molar-refractivity contribution in [2.45, 2.75) is 39.2 Å². The van der Waals surface area contributed by atoms with E-state index in [0.29, 0.717) is 18.3 Å².